The molecular weight excluding hydrogens is 222 g/mol. The van der Waals surface area contributed by atoms with Gasteiger partial charge in [-0.05, 0) is 56.5 Å². The molecule has 0 radical (unpaired) electrons. The van der Waals surface area contributed by atoms with Crippen LogP contribution in [-0.4, -0.2) is 30.1 Å². The Kier molecular flexibility index (Phi) is 3.52. The van der Waals surface area contributed by atoms with Crippen LogP contribution in [0.25, 0.3) is 0 Å². The van der Waals surface area contributed by atoms with Gasteiger partial charge in [-0.1, -0.05) is 12.1 Å². The van der Waals surface area contributed by atoms with Crippen LogP contribution in [-0.2, 0) is 6.54 Å². The highest BCUT2D eigenvalue weighted by molar-refractivity contribution is 5.46. The van der Waals surface area contributed by atoms with Gasteiger partial charge in [-0.3, -0.25) is 4.90 Å². The Balaban J connectivity index is 1.52. The molecule has 3 heteroatoms. The van der Waals surface area contributed by atoms with E-state index in [1.54, 1.807) is 0 Å². The number of nitrogens with zero attached hydrogens (tertiary/aromatic N) is 1. The summed E-state index contributed by atoms with van der Waals surface area (Å²) in [5.41, 5.74) is 8.45. The van der Waals surface area contributed by atoms with E-state index >= 15 is 0 Å². The van der Waals surface area contributed by atoms with Gasteiger partial charge in [-0.25, -0.2) is 0 Å². The highest BCUT2D eigenvalue weighted by Gasteiger charge is 2.25. The standard InChI is InChI=1S/C15H23N3/c16-13-9-15(10-13)17-14-5-3-12(4-6-14)11-18-7-1-2-8-18/h3-6,13,15,17H,1-2,7-11,16H2. The molecule has 1 aliphatic carbocycles. The Bertz CT molecular complexity index is 375. The number of benzene rings is 1. The van der Waals surface area contributed by atoms with Crippen LogP contribution in [0.4, 0.5) is 5.69 Å². The van der Waals surface area contributed by atoms with Gasteiger partial charge < -0.3 is 11.1 Å². The fourth-order valence-electron chi connectivity index (χ4n) is 2.92. The molecule has 0 aromatic heterocycles. The first-order chi connectivity index (χ1) is 8.79. The average molecular weight is 245 g/mol. The zero-order valence-corrected chi connectivity index (χ0v) is 10.9. The van der Waals surface area contributed by atoms with E-state index in [-0.39, 0.29) is 0 Å². The lowest BCUT2D eigenvalue weighted by molar-refractivity contribution is 0.331. The molecule has 0 bridgehead atoms. The summed E-state index contributed by atoms with van der Waals surface area (Å²) >= 11 is 0. The van der Waals surface area contributed by atoms with Gasteiger partial charge in [-0.2, -0.15) is 0 Å². The van der Waals surface area contributed by atoms with Gasteiger partial charge in [0.2, 0.25) is 0 Å². The number of nitrogens with one attached hydrogen (secondary N) is 1. The lowest BCUT2D eigenvalue weighted by Gasteiger charge is -2.33. The third-order valence-corrected chi connectivity index (χ3v) is 4.10. The van der Waals surface area contributed by atoms with Crippen molar-refractivity contribution in [2.45, 2.75) is 44.3 Å². The molecule has 1 saturated carbocycles. The third kappa shape index (κ3) is 2.85. The predicted molar refractivity (Wildman–Crippen MR) is 75.6 cm³/mol. The van der Waals surface area contributed by atoms with Crippen LogP contribution >= 0.6 is 0 Å². The Morgan fingerprint density at radius 2 is 1.78 bits per heavy atom. The van der Waals surface area contributed by atoms with Crippen molar-refractivity contribution in [3.05, 3.63) is 29.8 Å². The van der Waals surface area contributed by atoms with E-state index in [2.05, 4.69) is 34.5 Å². The minimum absolute atomic E-state index is 0.414. The summed E-state index contributed by atoms with van der Waals surface area (Å²) in [6.45, 7) is 3.63. The molecule has 1 heterocycles. The van der Waals surface area contributed by atoms with E-state index in [4.69, 9.17) is 5.73 Å². The molecule has 0 atom stereocenters. The van der Waals surface area contributed by atoms with E-state index in [0.29, 0.717) is 12.1 Å². The van der Waals surface area contributed by atoms with E-state index < -0.39 is 0 Å². The maximum Gasteiger partial charge on any atom is 0.0342 e. The predicted octanol–water partition coefficient (Wildman–Crippen LogP) is 2.18. The average Bonchev–Trinajstić information content (AvgIpc) is 2.82. The summed E-state index contributed by atoms with van der Waals surface area (Å²) < 4.78 is 0. The molecule has 2 fully saturated rings. The monoisotopic (exact) mass is 245 g/mol. The van der Waals surface area contributed by atoms with Crippen LogP contribution in [0.5, 0.6) is 0 Å². The number of hydrogen-bond acceptors (Lipinski definition) is 3. The fraction of sp³-hybridized carbons (Fsp3) is 0.600. The molecule has 2 aliphatic rings. The highest BCUT2D eigenvalue weighted by Crippen LogP contribution is 2.23. The lowest BCUT2D eigenvalue weighted by Crippen LogP contribution is -2.44. The van der Waals surface area contributed by atoms with Crippen LogP contribution in [0, 0.1) is 0 Å². The van der Waals surface area contributed by atoms with Crippen LogP contribution in [0.15, 0.2) is 24.3 Å². The zero-order valence-electron chi connectivity index (χ0n) is 10.9. The van der Waals surface area contributed by atoms with Gasteiger partial charge in [0.05, 0.1) is 0 Å². The van der Waals surface area contributed by atoms with Crippen molar-refractivity contribution in [1.29, 1.82) is 0 Å². The zero-order chi connectivity index (χ0) is 12.4. The molecule has 1 aromatic carbocycles. The SMILES string of the molecule is NC1CC(Nc2ccc(CN3CCCC3)cc2)C1. The van der Waals surface area contributed by atoms with Gasteiger partial charge in [0.25, 0.3) is 0 Å². The smallest absolute Gasteiger partial charge is 0.0342 e. The summed E-state index contributed by atoms with van der Waals surface area (Å²) in [4.78, 5) is 2.54. The fourth-order valence-corrected chi connectivity index (χ4v) is 2.92. The van der Waals surface area contributed by atoms with Crippen molar-refractivity contribution in [3.63, 3.8) is 0 Å². The van der Waals surface area contributed by atoms with Crippen molar-refractivity contribution in [2.75, 3.05) is 18.4 Å². The molecule has 3 nitrogen and oxygen atoms in total. The summed E-state index contributed by atoms with van der Waals surface area (Å²) in [5, 5.41) is 3.54. The van der Waals surface area contributed by atoms with Crippen molar-refractivity contribution in [1.82, 2.24) is 4.90 Å². The van der Waals surface area contributed by atoms with Crippen LogP contribution in [0.3, 0.4) is 0 Å². The van der Waals surface area contributed by atoms with E-state index in [1.165, 1.54) is 37.2 Å². The summed E-state index contributed by atoms with van der Waals surface area (Å²) in [5.74, 6) is 0. The highest BCUT2D eigenvalue weighted by atomic mass is 15.1. The Morgan fingerprint density at radius 1 is 1.11 bits per heavy atom. The molecule has 3 rings (SSSR count). The summed E-state index contributed by atoms with van der Waals surface area (Å²) in [6.07, 6.45) is 4.94. The van der Waals surface area contributed by atoms with Gasteiger partial charge in [0.15, 0.2) is 0 Å². The maximum absolute atomic E-state index is 5.79. The Hall–Kier alpha value is -1.06. The van der Waals surface area contributed by atoms with Gasteiger partial charge in [0, 0.05) is 24.3 Å². The van der Waals surface area contributed by atoms with Crippen LogP contribution in [0.2, 0.25) is 0 Å². The quantitative estimate of drug-likeness (QED) is 0.854. The van der Waals surface area contributed by atoms with E-state index in [1.807, 2.05) is 0 Å². The minimum atomic E-state index is 0.414. The molecule has 98 valence electrons. The van der Waals surface area contributed by atoms with Crippen molar-refractivity contribution < 1.29 is 0 Å². The normalized spacial score (nSPS) is 28.1. The molecule has 1 aliphatic heterocycles. The Morgan fingerprint density at radius 3 is 2.39 bits per heavy atom. The molecule has 0 spiro atoms. The molecule has 3 N–H and O–H groups in total. The van der Waals surface area contributed by atoms with Crippen LogP contribution in [0.1, 0.15) is 31.2 Å². The van der Waals surface area contributed by atoms with Gasteiger partial charge in [-0.15, -0.1) is 0 Å². The second-order valence-corrected chi connectivity index (χ2v) is 5.75. The van der Waals surface area contributed by atoms with Crippen molar-refractivity contribution in [2.24, 2.45) is 5.73 Å². The largest absolute Gasteiger partial charge is 0.382 e. The number of likely N-dealkylation sites (tertiary alicyclic amines) is 1. The van der Waals surface area contributed by atoms with Crippen molar-refractivity contribution >= 4 is 5.69 Å². The number of rotatable bonds is 4. The molecular formula is C15H23N3. The van der Waals surface area contributed by atoms with Crippen molar-refractivity contribution in [3.8, 4) is 0 Å². The lowest BCUT2D eigenvalue weighted by atomic mass is 9.87. The minimum Gasteiger partial charge on any atom is -0.382 e. The summed E-state index contributed by atoms with van der Waals surface area (Å²) in [7, 11) is 0. The first kappa shape index (κ1) is 12.0. The topological polar surface area (TPSA) is 41.3 Å². The van der Waals surface area contributed by atoms with Gasteiger partial charge in [0.1, 0.15) is 0 Å². The van der Waals surface area contributed by atoms with Crippen LogP contribution < -0.4 is 11.1 Å². The number of hydrogen-bond donors (Lipinski definition) is 2. The number of anilines is 1. The second-order valence-electron chi connectivity index (χ2n) is 5.75. The van der Waals surface area contributed by atoms with E-state index in [9.17, 15) is 0 Å². The van der Waals surface area contributed by atoms with Gasteiger partial charge >= 0.3 is 0 Å². The van der Waals surface area contributed by atoms with E-state index in [0.717, 1.165) is 19.4 Å². The number of nitrogens with two attached hydrogens (primary N) is 1. The first-order valence-corrected chi connectivity index (χ1v) is 7.13. The first-order valence-electron chi connectivity index (χ1n) is 7.13. The molecule has 1 aromatic rings. The molecule has 0 amide bonds. The molecule has 18 heavy (non-hydrogen) atoms. The maximum atomic E-state index is 5.79. The third-order valence-electron chi connectivity index (χ3n) is 4.10. The molecule has 0 unspecified atom stereocenters. The second kappa shape index (κ2) is 5.29. The Labute approximate surface area is 109 Å². The molecule has 1 saturated heterocycles. The summed E-state index contributed by atoms with van der Waals surface area (Å²) in [6, 6.07) is 9.91.